The van der Waals surface area contributed by atoms with Crippen LogP contribution in [0.1, 0.15) is 23.3 Å². The van der Waals surface area contributed by atoms with Crippen LogP contribution in [0.3, 0.4) is 0 Å². The Morgan fingerprint density at radius 1 is 1.44 bits per heavy atom. The second kappa shape index (κ2) is 3.55. The van der Waals surface area contributed by atoms with Crippen molar-refractivity contribution in [3.63, 3.8) is 0 Å². The molecule has 6 heteroatoms. The number of halogens is 1. The van der Waals surface area contributed by atoms with Crippen molar-refractivity contribution in [2.24, 2.45) is 0 Å². The van der Waals surface area contributed by atoms with Crippen molar-refractivity contribution in [2.45, 2.75) is 18.5 Å². The Hall–Kier alpha value is -1.98. The number of nitrogens with one attached hydrogen (secondary N) is 1. The van der Waals surface area contributed by atoms with Crippen LogP contribution in [0.4, 0.5) is 10.1 Å². The summed E-state index contributed by atoms with van der Waals surface area (Å²) in [5, 5.41) is 10.9. The Balaban J connectivity index is 2.05. The molecule has 1 fully saturated rings. The van der Waals surface area contributed by atoms with Crippen LogP contribution in [0.15, 0.2) is 18.3 Å². The number of aromatic carboxylic acids is 1. The van der Waals surface area contributed by atoms with Crippen LogP contribution in [0.5, 0.6) is 0 Å². The molecule has 0 bridgehead atoms. The first-order valence-corrected chi connectivity index (χ1v) is 4.71. The van der Waals surface area contributed by atoms with Crippen molar-refractivity contribution in [1.29, 1.82) is 0 Å². The lowest BCUT2D eigenvalue weighted by Crippen LogP contribution is -2.25. The number of amides is 1. The summed E-state index contributed by atoms with van der Waals surface area (Å²) in [6, 6.07) is 2.62. The molecule has 0 unspecified atom stereocenters. The molecule has 1 aromatic heterocycles. The quantitative estimate of drug-likeness (QED) is 0.809. The summed E-state index contributed by atoms with van der Waals surface area (Å²) in [6.07, 6.45) is 1.66. The summed E-state index contributed by atoms with van der Waals surface area (Å²) in [5.74, 6) is -1.85. The van der Waals surface area contributed by atoms with Crippen molar-refractivity contribution in [3.8, 4) is 0 Å². The molecule has 1 aliphatic rings. The van der Waals surface area contributed by atoms with Gasteiger partial charge in [0.05, 0.1) is 11.9 Å². The molecule has 0 saturated heterocycles. The van der Waals surface area contributed by atoms with Gasteiger partial charge in [-0.15, -0.1) is 0 Å². The lowest BCUT2D eigenvalue weighted by atomic mass is 10.3. The Morgan fingerprint density at radius 3 is 2.56 bits per heavy atom. The number of alkyl halides is 1. The number of hydrogen-bond donors (Lipinski definition) is 2. The molecular weight excluding hydrogens is 215 g/mol. The zero-order valence-corrected chi connectivity index (χ0v) is 8.24. The Bertz CT molecular complexity index is 440. The number of carboxylic acids is 1. The fraction of sp³-hybridized carbons (Fsp3) is 0.300. The van der Waals surface area contributed by atoms with E-state index in [2.05, 4.69) is 10.3 Å². The smallest absolute Gasteiger partial charge is 0.354 e. The van der Waals surface area contributed by atoms with Gasteiger partial charge in [-0.25, -0.2) is 14.2 Å². The van der Waals surface area contributed by atoms with Crippen LogP contribution in [0, 0.1) is 0 Å². The number of carboxylic acid groups (broad SMARTS) is 1. The summed E-state index contributed by atoms with van der Waals surface area (Å²) in [5.41, 5.74) is -1.58. The zero-order valence-electron chi connectivity index (χ0n) is 8.24. The number of rotatable bonds is 3. The predicted octanol–water partition coefficient (Wildman–Crippen LogP) is 1.22. The summed E-state index contributed by atoms with van der Waals surface area (Å²) in [6.45, 7) is 0. The maximum absolute atomic E-state index is 13.3. The first-order chi connectivity index (χ1) is 7.51. The van der Waals surface area contributed by atoms with Crippen molar-refractivity contribution in [3.05, 3.63) is 24.0 Å². The highest BCUT2D eigenvalue weighted by Crippen LogP contribution is 2.40. The summed E-state index contributed by atoms with van der Waals surface area (Å²) >= 11 is 0. The van der Waals surface area contributed by atoms with E-state index in [1.165, 1.54) is 18.3 Å². The van der Waals surface area contributed by atoms with E-state index >= 15 is 0 Å². The maximum Gasteiger partial charge on any atom is 0.354 e. The van der Waals surface area contributed by atoms with Crippen molar-refractivity contribution >= 4 is 17.6 Å². The number of hydrogen-bond acceptors (Lipinski definition) is 3. The number of anilines is 1. The molecule has 5 nitrogen and oxygen atoms in total. The fourth-order valence-electron chi connectivity index (χ4n) is 1.17. The van der Waals surface area contributed by atoms with Gasteiger partial charge in [0.2, 0.25) is 0 Å². The topological polar surface area (TPSA) is 79.3 Å². The van der Waals surface area contributed by atoms with E-state index in [0.29, 0.717) is 5.69 Å². The highest BCUT2D eigenvalue weighted by molar-refractivity contribution is 5.99. The Labute approximate surface area is 90.3 Å². The first kappa shape index (κ1) is 10.5. The molecule has 1 amide bonds. The van der Waals surface area contributed by atoms with Crippen molar-refractivity contribution < 1.29 is 19.1 Å². The molecular formula is C10H9FN2O3. The third kappa shape index (κ3) is 2.00. The van der Waals surface area contributed by atoms with Crippen LogP contribution in [-0.2, 0) is 4.79 Å². The van der Waals surface area contributed by atoms with Crippen LogP contribution in [-0.4, -0.2) is 27.6 Å². The molecule has 0 spiro atoms. The van der Waals surface area contributed by atoms with Gasteiger partial charge in [0.1, 0.15) is 5.69 Å². The largest absolute Gasteiger partial charge is 0.477 e. The molecule has 0 aliphatic heterocycles. The molecule has 2 N–H and O–H groups in total. The van der Waals surface area contributed by atoms with Crippen molar-refractivity contribution in [1.82, 2.24) is 4.98 Å². The minimum atomic E-state index is -1.74. The van der Waals surface area contributed by atoms with Gasteiger partial charge < -0.3 is 10.4 Å². The van der Waals surface area contributed by atoms with Crippen LogP contribution >= 0.6 is 0 Å². The molecule has 1 aliphatic carbocycles. The summed E-state index contributed by atoms with van der Waals surface area (Å²) in [7, 11) is 0. The third-order valence-electron chi connectivity index (χ3n) is 2.34. The number of carbonyl (C=O) groups is 2. The predicted molar refractivity (Wildman–Crippen MR) is 52.9 cm³/mol. The normalized spacial score (nSPS) is 16.6. The number of carbonyl (C=O) groups excluding carboxylic acids is 1. The van der Waals surface area contributed by atoms with E-state index in [1.54, 1.807) is 0 Å². The monoisotopic (exact) mass is 224 g/mol. The minimum absolute atomic E-state index is 0.126. The molecule has 1 saturated carbocycles. The molecule has 0 aromatic carbocycles. The molecule has 1 heterocycles. The van der Waals surface area contributed by atoms with Gasteiger partial charge in [-0.3, -0.25) is 4.79 Å². The second-order valence-electron chi connectivity index (χ2n) is 3.66. The van der Waals surface area contributed by atoms with Crippen LogP contribution < -0.4 is 5.32 Å². The molecule has 0 atom stereocenters. The number of aromatic nitrogens is 1. The van der Waals surface area contributed by atoms with Gasteiger partial charge >= 0.3 is 5.97 Å². The van der Waals surface area contributed by atoms with Crippen molar-refractivity contribution in [2.75, 3.05) is 5.32 Å². The minimum Gasteiger partial charge on any atom is -0.477 e. The van der Waals surface area contributed by atoms with Gasteiger partial charge in [-0.05, 0) is 25.0 Å². The average molecular weight is 224 g/mol. The molecule has 2 rings (SSSR count). The molecule has 1 aromatic rings. The third-order valence-corrected chi connectivity index (χ3v) is 2.34. The fourth-order valence-corrected chi connectivity index (χ4v) is 1.17. The highest BCUT2D eigenvalue weighted by atomic mass is 19.1. The van der Waals surface area contributed by atoms with Gasteiger partial charge in [0.15, 0.2) is 5.67 Å². The first-order valence-electron chi connectivity index (χ1n) is 4.71. The summed E-state index contributed by atoms with van der Waals surface area (Å²) in [4.78, 5) is 25.4. The average Bonchev–Trinajstić information content (AvgIpc) is 2.99. The second-order valence-corrected chi connectivity index (χ2v) is 3.66. The number of pyridine rings is 1. The summed E-state index contributed by atoms with van der Waals surface area (Å²) < 4.78 is 13.3. The van der Waals surface area contributed by atoms with Crippen LogP contribution in [0.25, 0.3) is 0 Å². The Morgan fingerprint density at radius 2 is 2.12 bits per heavy atom. The van der Waals surface area contributed by atoms with Gasteiger partial charge in [-0.1, -0.05) is 0 Å². The van der Waals surface area contributed by atoms with Crippen LogP contribution in [0.2, 0.25) is 0 Å². The standard InChI is InChI=1S/C10H9FN2O3/c11-10(3-4-10)9(16)13-6-1-2-7(8(14)15)12-5-6/h1-2,5H,3-4H2,(H,13,16)(H,14,15). The van der Waals surface area contributed by atoms with E-state index < -0.39 is 17.5 Å². The zero-order chi connectivity index (χ0) is 11.8. The lowest BCUT2D eigenvalue weighted by molar-refractivity contribution is -0.122. The number of nitrogens with zero attached hydrogens (tertiary/aromatic N) is 1. The van der Waals surface area contributed by atoms with E-state index in [9.17, 15) is 14.0 Å². The molecule has 0 radical (unpaired) electrons. The van der Waals surface area contributed by atoms with E-state index in [1.807, 2.05) is 0 Å². The van der Waals surface area contributed by atoms with Gasteiger partial charge in [-0.2, -0.15) is 0 Å². The molecule has 84 valence electrons. The highest BCUT2D eigenvalue weighted by Gasteiger charge is 2.50. The van der Waals surface area contributed by atoms with E-state index in [0.717, 1.165) is 0 Å². The lowest BCUT2D eigenvalue weighted by Gasteiger charge is -2.06. The maximum atomic E-state index is 13.3. The van der Waals surface area contributed by atoms with Gasteiger partial charge in [0, 0.05) is 0 Å². The SMILES string of the molecule is O=C(O)c1ccc(NC(=O)C2(F)CC2)cn1. The molecule has 16 heavy (non-hydrogen) atoms. The van der Waals surface area contributed by atoms with E-state index in [4.69, 9.17) is 5.11 Å². The Kier molecular flexibility index (Phi) is 2.34. The van der Waals surface area contributed by atoms with E-state index in [-0.39, 0.29) is 18.5 Å². The van der Waals surface area contributed by atoms with Gasteiger partial charge in [0.25, 0.3) is 5.91 Å².